The Morgan fingerprint density at radius 3 is 2.73 bits per heavy atom. The molecule has 0 bridgehead atoms. The van der Waals surface area contributed by atoms with Gasteiger partial charge in [0.05, 0.1) is 15.5 Å². The van der Waals surface area contributed by atoms with Crippen LogP contribution in [0.25, 0.3) is 0 Å². The molecule has 1 aliphatic rings. The smallest absolute Gasteiger partial charge is 0.214 e. The highest BCUT2D eigenvalue weighted by molar-refractivity contribution is 7.91. The zero-order valence-corrected chi connectivity index (χ0v) is 16.1. The van der Waals surface area contributed by atoms with Gasteiger partial charge in [0.2, 0.25) is 9.84 Å². The van der Waals surface area contributed by atoms with Gasteiger partial charge in [-0.15, -0.1) is 0 Å². The minimum absolute atomic E-state index is 0.0820. The Morgan fingerprint density at radius 2 is 2.15 bits per heavy atom. The van der Waals surface area contributed by atoms with Crippen molar-refractivity contribution in [3.05, 3.63) is 29.0 Å². The van der Waals surface area contributed by atoms with Gasteiger partial charge < -0.3 is 11.1 Å². The van der Waals surface area contributed by atoms with Crippen LogP contribution in [0.2, 0.25) is 5.02 Å². The van der Waals surface area contributed by atoms with Gasteiger partial charge in [0.15, 0.2) is 16.5 Å². The number of hydrogen-bond donors (Lipinski definition) is 2. The number of nitrogens with two attached hydrogens (primary N) is 1. The van der Waals surface area contributed by atoms with Crippen LogP contribution < -0.4 is 11.1 Å². The van der Waals surface area contributed by atoms with E-state index in [4.69, 9.17) is 17.3 Å². The summed E-state index contributed by atoms with van der Waals surface area (Å²) in [7, 11) is -2.48. The molecule has 0 fully saturated rings. The first-order valence-corrected chi connectivity index (χ1v) is 9.76. The Labute approximate surface area is 156 Å². The van der Waals surface area contributed by atoms with Gasteiger partial charge >= 0.3 is 0 Å². The van der Waals surface area contributed by atoms with Crippen molar-refractivity contribution >= 4 is 38.8 Å². The molecule has 0 aliphatic carbocycles. The molecule has 3 rings (SSSR count). The molecule has 0 radical (unpaired) electrons. The second kappa shape index (κ2) is 6.33. The fraction of sp³-hybridized carbons (Fsp3) is 0.375. The van der Waals surface area contributed by atoms with Gasteiger partial charge in [-0.2, -0.15) is 5.10 Å². The van der Waals surface area contributed by atoms with Crippen LogP contribution in [-0.4, -0.2) is 37.5 Å². The standard InChI is InChI=1S/C16H19ClFN5O2S/c1-9-7-16(2,8-19)23-15(21-9)13(14(20-3)22-23)26(24,25)10-4-5-12(18)11(17)6-10/h4-6H,7-8,19H2,1-3H3,(H,20,22). The van der Waals surface area contributed by atoms with Crippen molar-refractivity contribution in [3.63, 3.8) is 0 Å². The highest BCUT2D eigenvalue weighted by Crippen LogP contribution is 2.42. The molecule has 1 unspecified atom stereocenters. The highest BCUT2D eigenvalue weighted by Gasteiger charge is 2.39. The number of anilines is 1. The van der Waals surface area contributed by atoms with Crippen LogP contribution in [0.3, 0.4) is 0 Å². The first kappa shape index (κ1) is 18.8. The van der Waals surface area contributed by atoms with Crippen LogP contribution in [0.5, 0.6) is 0 Å². The number of benzene rings is 1. The molecule has 2 heterocycles. The molecule has 0 spiro atoms. The molecule has 10 heteroatoms. The minimum Gasteiger partial charge on any atom is -0.371 e. The largest absolute Gasteiger partial charge is 0.371 e. The van der Waals surface area contributed by atoms with Crippen molar-refractivity contribution in [2.45, 2.75) is 35.6 Å². The molecule has 1 aromatic heterocycles. The topological polar surface area (TPSA) is 102 Å². The molecule has 140 valence electrons. The summed E-state index contributed by atoms with van der Waals surface area (Å²) >= 11 is 5.77. The van der Waals surface area contributed by atoms with E-state index in [9.17, 15) is 12.8 Å². The fourth-order valence-corrected chi connectivity index (χ4v) is 4.82. The van der Waals surface area contributed by atoms with Crippen LogP contribution >= 0.6 is 11.6 Å². The lowest BCUT2D eigenvalue weighted by Gasteiger charge is -2.32. The number of fused-ring (bicyclic) bond motifs is 1. The van der Waals surface area contributed by atoms with E-state index < -0.39 is 21.2 Å². The summed E-state index contributed by atoms with van der Waals surface area (Å²) in [5.41, 5.74) is 6.08. The molecule has 1 aromatic carbocycles. The lowest BCUT2D eigenvalue weighted by atomic mass is 9.94. The van der Waals surface area contributed by atoms with Crippen LogP contribution in [0.1, 0.15) is 20.3 Å². The summed E-state index contributed by atoms with van der Waals surface area (Å²) in [6.45, 7) is 3.97. The summed E-state index contributed by atoms with van der Waals surface area (Å²) in [5.74, 6) is -0.342. The zero-order valence-electron chi connectivity index (χ0n) is 14.5. The number of nitrogens with one attached hydrogen (secondary N) is 1. The maximum atomic E-state index is 13.5. The molecule has 2 aromatic rings. The van der Waals surface area contributed by atoms with Gasteiger partial charge in [0.25, 0.3) is 0 Å². The van der Waals surface area contributed by atoms with E-state index in [-0.39, 0.29) is 33.0 Å². The molecule has 1 aliphatic heterocycles. The molecule has 0 saturated heterocycles. The molecule has 1 atom stereocenters. The van der Waals surface area contributed by atoms with Crippen molar-refractivity contribution < 1.29 is 12.8 Å². The molecule has 0 amide bonds. The van der Waals surface area contributed by atoms with Crippen LogP contribution in [0.15, 0.2) is 33.0 Å². The van der Waals surface area contributed by atoms with Gasteiger partial charge in [-0.05, 0) is 32.0 Å². The number of sulfone groups is 1. The fourth-order valence-electron chi connectivity index (χ4n) is 3.05. The van der Waals surface area contributed by atoms with E-state index in [1.807, 2.05) is 13.8 Å². The van der Waals surface area contributed by atoms with E-state index in [1.54, 1.807) is 11.7 Å². The SMILES string of the molecule is CNc1nn2c(c1S(=O)(=O)c1ccc(F)c(Cl)c1)N=C(C)CC2(C)CN. The van der Waals surface area contributed by atoms with E-state index in [0.717, 1.165) is 17.8 Å². The van der Waals surface area contributed by atoms with Crippen LogP contribution in [0, 0.1) is 5.82 Å². The van der Waals surface area contributed by atoms with Crippen LogP contribution in [0.4, 0.5) is 16.0 Å². The van der Waals surface area contributed by atoms with E-state index in [2.05, 4.69) is 15.4 Å². The molecule has 26 heavy (non-hydrogen) atoms. The molecule has 3 N–H and O–H groups in total. The van der Waals surface area contributed by atoms with E-state index >= 15 is 0 Å². The number of halogens is 2. The maximum absolute atomic E-state index is 13.5. The van der Waals surface area contributed by atoms with Crippen molar-refractivity contribution in [3.8, 4) is 0 Å². The monoisotopic (exact) mass is 399 g/mol. The lowest BCUT2D eigenvalue weighted by Crippen LogP contribution is -2.42. The Morgan fingerprint density at radius 1 is 1.46 bits per heavy atom. The van der Waals surface area contributed by atoms with Crippen LogP contribution in [-0.2, 0) is 15.4 Å². The van der Waals surface area contributed by atoms with Gasteiger partial charge in [-0.25, -0.2) is 22.5 Å². The highest BCUT2D eigenvalue weighted by atomic mass is 35.5. The molecular formula is C16H19ClFN5O2S. The van der Waals surface area contributed by atoms with Crippen molar-refractivity contribution in [2.24, 2.45) is 10.7 Å². The Kier molecular flexibility index (Phi) is 4.58. The minimum atomic E-state index is -4.05. The zero-order chi connectivity index (χ0) is 19.3. The third kappa shape index (κ3) is 2.80. The van der Waals surface area contributed by atoms with Gasteiger partial charge in [-0.3, -0.25) is 0 Å². The third-order valence-electron chi connectivity index (χ3n) is 4.41. The molecule has 7 nitrogen and oxygen atoms in total. The summed E-state index contributed by atoms with van der Waals surface area (Å²) in [6.07, 6.45) is 0.559. The second-order valence-electron chi connectivity index (χ2n) is 6.47. The lowest BCUT2D eigenvalue weighted by molar-refractivity contribution is 0.304. The number of hydrogen-bond acceptors (Lipinski definition) is 6. The number of rotatable bonds is 4. The van der Waals surface area contributed by atoms with Gasteiger partial charge in [0.1, 0.15) is 5.82 Å². The number of aromatic nitrogens is 2. The van der Waals surface area contributed by atoms with Gasteiger partial charge in [-0.1, -0.05) is 11.6 Å². The van der Waals surface area contributed by atoms with E-state index in [0.29, 0.717) is 6.42 Å². The van der Waals surface area contributed by atoms with Crippen molar-refractivity contribution in [2.75, 3.05) is 18.9 Å². The van der Waals surface area contributed by atoms with Crippen molar-refractivity contribution in [1.82, 2.24) is 9.78 Å². The van der Waals surface area contributed by atoms with Gasteiger partial charge in [0, 0.05) is 25.7 Å². The first-order valence-electron chi connectivity index (χ1n) is 7.89. The summed E-state index contributed by atoms with van der Waals surface area (Å²) in [5, 5.41) is 6.92. The third-order valence-corrected chi connectivity index (χ3v) is 6.49. The molecular weight excluding hydrogens is 381 g/mol. The van der Waals surface area contributed by atoms with Crippen molar-refractivity contribution in [1.29, 1.82) is 0 Å². The quantitative estimate of drug-likeness (QED) is 0.769. The normalized spacial score (nSPS) is 19.8. The number of aliphatic imine (C=N–C) groups is 1. The average molecular weight is 400 g/mol. The first-order chi connectivity index (χ1) is 12.1. The van der Waals surface area contributed by atoms with E-state index in [1.165, 1.54) is 6.07 Å². The summed E-state index contributed by atoms with van der Waals surface area (Å²) < 4.78 is 41.5. The Balaban J connectivity index is 2.31. The predicted molar refractivity (Wildman–Crippen MR) is 98.7 cm³/mol. The Bertz CT molecular complexity index is 1020. The average Bonchev–Trinajstić information content (AvgIpc) is 2.97. The molecule has 0 saturated carbocycles. The maximum Gasteiger partial charge on any atom is 0.214 e. The predicted octanol–water partition coefficient (Wildman–Crippen LogP) is 2.72. The Hall–Kier alpha value is -1.97. The second-order valence-corrected chi connectivity index (χ2v) is 8.76. The summed E-state index contributed by atoms with van der Waals surface area (Å²) in [6, 6.07) is 3.27. The summed E-state index contributed by atoms with van der Waals surface area (Å²) in [4.78, 5) is 4.21. The number of nitrogens with zero attached hydrogens (tertiary/aromatic N) is 3.